The fourth-order valence-corrected chi connectivity index (χ4v) is 6.98. The number of benzene rings is 5. The monoisotopic (exact) mass is 1960 g/mol. The number of pyridine rings is 6. The summed E-state index contributed by atoms with van der Waals surface area (Å²) in [6.45, 7) is 3.32. The van der Waals surface area contributed by atoms with E-state index in [9.17, 15) is 44.7 Å². The van der Waals surface area contributed by atoms with E-state index >= 15 is 0 Å². The van der Waals surface area contributed by atoms with E-state index in [0.717, 1.165) is 42.0 Å². The molecule has 5 aromatic carbocycles. The van der Waals surface area contributed by atoms with Crippen LogP contribution in [0, 0.1) is 70.8 Å². The van der Waals surface area contributed by atoms with Crippen LogP contribution in [0.5, 0.6) is 0 Å². The second kappa shape index (κ2) is 43.6. The van der Waals surface area contributed by atoms with Gasteiger partial charge in [-0.1, -0.05) is 119 Å². The predicted octanol–water partition coefficient (Wildman–Crippen LogP) is 14.7. The van der Waals surface area contributed by atoms with Crippen molar-refractivity contribution in [3.63, 3.8) is 0 Å². The Hall–Kier alpha value is -8.10. The number of carboxylic acids is 2. The third kappa shape index (κ3) is 29.2. The molecule has 91 heavy (non-hydrogen) atoms. The summed E-state index contributed by atoms with van der Waals surface area (Å²) in [5, 5.41) is 33.8. The fourth-order valence-electron chi connectivity index (χ4n) is 6.98. The molecule has 6 heterocycles. The molecule has 4 radical (unpaired) electrons. The van der Waals surface area contributed by atoms with Crippen LogP contribution in [0.3, 0.4) is 0 Å². The van der Waals surface area contributed by atoms with Crippen molar-refractivity contribution < 1.29 is 146 Å². The molecule has 480 valence electrons. The standard InChI is InChI=1S/C17H10F2N.3C11H6F2N.2C6H5NO2.C5H12O2.4Ir/c18-13-6-4-12(5-7-13)16-11-14(19)8-9-15(16)17-3-1-2-10-20-17;3*12-8-4-5-9(10(13)7-8)11-3-1-2-6-14-11;2*8-6(9)5-3-1-2-4-7-5;1-4(6)3-5(2)7;;;;/h1-8,10-11H;3*1-4,6-7H;2*1-4H,(H,8,9);4-7H,3H2,1-2H3;;;;/q4*-1;;;;;;;. The number of aliphatic hydroxyl groups is 2. The van der Waals surface area contributed by atoms with Crippen molar-refractivity contribution >= 4 is 11.9 Å². The number of carbonyl (C=O) groups is 2. The summed E-state index contributed by atoms with van der Waals surface area (Å²) in [5.41, 5.74) is 4.83. The molecule has 0 spiro atoms. The first kappa shape index (κ1) is 80.9. The van der Waals surface area contributed by atoms with Gasteiger partial charge < -0.3 is 40.4 Å². The third-order valence-electron chi connectivity index (χ3n) is 10.8. The van der Waals surface area contributed by atoms with Gasteiger partial charge in [0.25, 0.3) is 0 Å². The maximum absolute atomic E-state index is 13.5. The molecule has 4 N–H and O–H groups in total. The number of rotatable bonds is 9. The summed E-state index contributed by atoms with van der Waals surface area (Å²) in [7, 11) is 0. The quantitative estimate of drug-likeness (QED) is 0.0791. The van der Waals surface area contributed by atoms with Crippen molar-refractivity contribution in [3.8, 4) is 56.2 Å². The second-order valence-electron chi connectivity index (χ2n) is 17.6. The molecule has 0 saturated heterocycles. The molecule has 11 rings (SSSR count). The Morgan fingerprint density at radius 2 is 0.648 bits per heavy atom. The summed E-state index contributed by atoms with van der Waals surface area (Å²) in [6, 6.07) is 55.1. The molecule has 0 amide bonds. The predicted molar refractivity (Wildman–Crippen MR) is 310 cm³/mol. The molecular weight excluding hydrogens is 1910 g/mol. The molecule has 0 aliphatic rings. The van der Waals surface area contributed by atoms with Gasteiger partial charge in [0.05, 0.1) is 12.2 Å². The molecule has 0 fully saturated rings. The van der Waals surface area contributed by atoms with Crippen molar-refractivity contribution in [1.82, 2.24) is 29.9 Å². The van der Waals surface area contributed by atoms with E-state index in [4.69, 9.17) is 20.4 Å². The molecule has 0 aliphatic heterocycles. The number of carboxylic acid groups (broad SMARTS) is 2. The molecule has 2 unspecified atom stereocenters. The number of nitrogens with zero attached hydrogens (tertiary/aromatic N) is 6. The van der Waals surface area contributed by atoms with Crippen LogP contribution in [0.15, 0.2) is 219 Å². The molecule has 6 aromatic heterocycles. The molecule has 0 bridgehead atoms. The molecule has 0 saturated carbocycles. The van der Waals surface area contributed by atoms with E-state index in [1.165, 1.54) is 48.8 Å². The summed E-state index contributed by atoms with van der Waals surface area (Å²) in [5.74, 6) is -6.55. The minimum absolute atomic E-state index is 0. The van der Waals surface area contributed by atoms with E-state index in [-0.39, 0.29) is 132 Å². The van der Waals surface area contributed by atoms with Crippen molar-refractivity contribution in [3.05, 3.63) is 301 Å². The molecular formula is C67H50F8Ir4N6O6-4. The SMILES string of the molecule is CC(O)CC(C)O.Fc1c[c-]c(-c2ccccn2)c(F)c1.Fc1c[c-]c(-c2ccccn2)c(F)c1.Fc1c[c-]c(-c2ccccn2)c(F)c1.Fc1ccc(-c2cc(F)c[c-]c2-c2ccccn2)cc1.O=C(O)c1ccccn1.O=C(O)c1ccccn1.[Ir].[Ir].[Ir].[Ir]. The summed E-state index contributed by atoms with van der Waals surface area (Å²) in [6.07, 6.45) is 8.93. The number of aromatic carboxylic acids is 2. The van der Waals surface area contributed by atoms with Crippen LogP contribution in [-0.4, -0.2) is 74.5 Å². The Kier molecular flexibility index (Phi) is 38.7. The molecule has 11 aromatic rings. The van der Waals surface area contributed by atoms with E-state index < -0.39 is 46.8 Å². The Bertz CT molecular complexity index is 3600. The van der Waals surface area contributed by atoms with Gasteiger partial charge in [-0.15, -0.1) is 60.2 Å². The van der Waals surface area contributed by atoms with Crippen molar-refractivity contribution in [2.75, 3.05) is 0 Å². The molecule has 12 nitrogen and oxygen atoms in total. The Morgan fingerprint density at radius 3 is 0.879 bits per heavy atom. The number of halogens is 8. The van der Waals surface area contributed by atoms with Gasteiger partial charge in [0.2, 0.25) is 0 Å². The van der Waals surface area contributed by atoms with E-state index in [1.807, 2.05) is 18.2 Å². The first-order valence-electron chi connectivity index (χ1n) is 25.7. The molecule has 24 heteroatoms. The van der Waals surface area contributed by atoms with Crippen molar-refractivity contribution in [2.45, 2.75) is 32.5 Å². The van der Waals surface area contributed by atoms with Gasteiger partial charge in [-0.05, 0) is 104 Å². The van der Waals surface area contributed by atoms with Crippen LogP contribution in [0.4, 0.5) is 35.1 Å². The van der Waals surface area contributed by atoms with E-state index in [2.05, 4.69) is 54.2 Å². The van der Waals surface area contributed by atoms with Crippen LogP contribution in [-0.2, 0) is 80.4 Å². The van der Waals surface area contributed by atoms with Gasteiger partial charge in [-0.2, -0.15) is 0 Å². The summed E-state index contributed by atoms with van der Waals surface area (Å²) >= 11 is 0. The van der Waals surface area contributed by atoms with Gasteiger partial charge in [0.15, 0.2) is 0 Å². The Balaban J connectivity index is 0.000000539. The van der Waals surface area contributed by atoms with Crippen LogP contribution >= 0.6 is 0 Å². The van der Waals surface area contributed by atoms with E-state index in [0.29, 0.717) is 40.3 Å². The van der Waals surface area contributed by atoms with Gasteiger partial charge in [0.1, 0.15) is 17.2 Å². The zero-order valence-corrected chi connectivity index (χ0v) is 56.9. The van der Waals surface area contributed by atoms with Crippen molar-refractivity contribution in [1.29, 1.82) is 0 Å². The number of hydrogen-bond acceptors (Lipinski definition) is 10. The topological polar surface area (TPSA) is 192 Å². The Morgan fingerprint density at radius 1 is 0.374 bits per heavy atom. The zero-order valence-electron chi connectivity index (χ0n) is 47.3. The van der Waals surface area contributed by atoms with Gasteiger partial charge >= 0.3 is 11.9 Å². The maximum atomic E-state index is 13.5. The number of aromatic nitrogens is 6. The van der Waals surface area contributed by atoms with Gasteiger partial charge in [-0.25, -0.2) is 23.9 Å². The summed E-state index contributed by atoms with van der Waals surface area (Å²) in [4.78, 5) is 43.5. The van der Waals surface area contributed by atoms with Gasteiger partial charge in [-0.3, -0.25) is 30.7 Å². The van der Waals surface area contributed by atoms with Crippen LogP contribution < -0.4 is 0 Å². The van der Waals surface area contributed by atoms with Gasteiger partial charge in [0, 0.05) is 158 Å². The second-order valence-corrected chi connectivity index (χ2v) is 17.6. The number of hydrogen-bond donors (Lipinski definition) is 4. The maximum Gasteiger partial charge on any atom is 0.354 e. The average molecular weight is 1960 g/mol. The van der Waals surface area contributed by atoms with Crippen LogP contribution in [0.25, 0.3) is 56.2 Å². The number of aliphatic hydroxyl groups excluding tert-OH is 2. The van der Waals surface area contributed by atoms with Crippen LogP contribution in [0.2, 0.25) is 0 Å². The Labute approximate surface area is 573 Å². The normalized spacial score (nSPS) is 10.2. The largest absolute Gasteiger partial charge is 0.477 e. The minimum Gasteiger partial charge on any atom is -0.477 e. The van der Waals surface area contributed by atoms with E-state index in [1.54, 1.807) is 130 Å². The van der Waals surface area contributed by atoms with Crippen LogP contribution in [0.1, 0.15) is 41.2 Å². The first-order valence-corrected chi connectivity index (χ1v) is 25.7. The molecule has 0 aliphatic carbocycles. The summed E-state index contributed by atoms with van der Waals surface area (Å²) < 4.78 is 104. The molecule has 2 atom stereocenters. The average Bonchev–Trinajstić information content (AvgIpc) is 1.32. The smallest absolute Gasteiger partial charge is 0.354 e. The zero-order chi connectivity index (χ0) is 63.1. The van der Waals surface area contributed by atoms with Crippen molar-refractivity contribution in [2.24, 2.45) is 0 Å². The third-order valence-corrected chi connectivity index (χ3v) is 10.8. The fraction of sp³-hybridized carbons (Fsp3) is 0.0746. The minimum atomic E-state index is -0.990. The first-order chi connectivity index (χ1) is 41.8.